The number of aryl methyl sites for hydroxylation is 2. The van der Waals surface area contributed by atoms with Crippen molar-refractivity contribution in [1.29, 1.82) is 0 Å². The minimum atomic E-state index is -3.21. The van der Waals surface area contributed by atoms with Gasteiger partial charge in [0.15, 0.2) is 5.65 Å². The number of hydrogen-bond acceptors (Lipinski definition) is 7. The van der Waals surface area contributed by atoms with Crippen LogP contribution in [0, 0.1) is 5.92 Å². The third-order valence-electron chi connectivity index (χ3n) is 6.91. The molecule has 2 aliphatic rings. The van der Waals surface area contributed by atoms with E-state index in [1.807, 2.05) is 10.9 Å². The van der Waals surface area contributed by atoms with Gasteiger partial charge in [-0.05, 0) is 39.0 Å². The molecule has 0 atom stereocenters. The van der Waals surface area contributed by atoms with Gasteiger partial charge >= 0.3 is 0 Å². The highest BCUT2D eigenvalue weighted by atomic mass is 32.2. The topological polar surface area (TPSA) is 118 Å². The molecule has 34 heavy (non-hydrogen) atoms. The summed E-state index contributed by atoms with van der Waals surface area (Å²) in [5.74, 6) is -0.217. The number of piperidine rings is 1. The summed E-state index contributed by atoms with van der Waals surface area (Å²) in [6.45, 7) is 7.48. The van der Waals surface area contributed by atoms with Gasteiger partial charge in [0.1, 0.15) is 0 Å². The summed E-state index contributed by atoms with van der Waals surface area (Å²) in [5.41, 5.74) is 3.81. The lowest BCUT2D eigenvalue weighted by Gasteiger charge is -2.30. The van der Waals surface area contributed by atoms with Crippen LogP contribution in [0.4, 0.5) is 5.69 Å². The van der Waals surface area contributed by atoms with Gasteiger partial charge in [-0.1, -0.05) is 6.92 Å². The molecule has 0 spiro atoms. The summed E-state index contributed by atoms with van der Waals surface area (Å²) >= 11 is 0. The van der Waals surface area contributed by atoms with Crippen LogP contribution in [0.2, 0.25) is 0 Å². The molecule has 0 radical (unpaired) electrons. The van der Waals surface area contributed by atoms with Gasteiger partial charge in [-0.3, -0.25) is 4.79 Å². The van der Waals surface area contributed by atoms with Gasteiger partial charge < -0.3 is 15.4 Å². The Labute approximate surface area is 201 Å². The molecule has 2 fully saturated rings. The molecule has 2 saturated heterocycles. The first-order valence-electron chi connectivity index (χ1n) is 12.3. The summed E-state index contributed by atoms with van der Waals surface area (Å²) in [6, 6.07) is 0.295. The summed E-state index contributed by atoms with van der Waals surface area (Å²) < 4.78 is 32.4. The van der Waals surface area contributed by atoms with E-state index in [1.54, 1.807) is 0 Å². The first kappa shape index (κ1) is 24.9. The standard InChI is InChI=1S/C23H36N6O4S/c1-4-20-18(14-24-23(30)16-6-10-28(11-7-16)34(3,31)32)21(26-17-8-12-33-13-9-17)19-15-25-29(5-2)22(19)27-20/h15-17H,4-14H2,1-3H3,(H,24,30)(H,26,27). The highest BCUT2D eigenvalue weighted by Gasteiger charge is 2.29. The van der Waals surface area contributed by atoms with E-state index in [0.717, 1.165) is 67.0 Å². The third kappa shape index (κ3) is 5.36. The number of fused-ring (bicyclic) bond motifs is 1. The number of hydrogen-bond donors (Lipinski definition) is 2. The number of aromatic nitrogens is 3. The van der Waals surface area contributed by atoms with Crippen LogP contribution in [0.1, 0.15) is 50.8 Å². The van der Waals surface area contributed by atoms with Gasteiger partial charge in [-0.15, -0.1) is 0 Å². The summed E-state index contributed by atoms with van der Waals surface area (Å²) in [7, 11) is -3.21. The summed E-state index contributed by atoms with van der Waals surface area (Å²) in [4.78, 5) is 17.9. The predicted molar refractivity (Wildman–Crippen MR) is 131 cm³/mol. The van der Waals surface area contributed by atoms with Crippen molar-refractivity contribution in [2.45, 2.75) is 65.1 Å². The summed E-state index contributed by atoms with van der Waals surface area (Å²) in [6.07, 6.45) is 6.75. The number of amides is 1. The molecular formula is C23H36N6O4S. The smallest absolute Gasteiger partial charge is 0.223 e. The van der Waals surface area contributed by atoms with Crippen molar-refractivity contribution in [3.63, 3.8) is 0 Å². The molecule has 11 heteroatoms. The zero-order valence-corrected chi connectivity index (χ0v) is 21.2. The molecule has 10 nitrogen and oxygen atoms in total. The monoisotopic (exact) mass is 492 g/mol. The van der Waals surface area contributed by atoms with Gasteiger partial charge in [-0.2, -0.15) is 5.10 Å². The fraction of sp³-hybridized carbons (Fsp3) is 0.696. The zero-order chi connectivity index (χ0) is 24.3. The van der Waals surface area contributed by atoms with E-state index in [0.29, 0.717) is 38.5 Å². The molecule has 0 saturated carbocycles. The maximum absolute atomic E-state index is 13.0. The van der Waals surface area contributed by atoms with E-state index < -0.39 is 10.0 Å². The highest BCUT2D eigenvalue weighted by Crippen LogP contribution is 2.31. The van der Waals surface area contributed by atoms with Gasteiger partial charge in [-0.25, -0.2) is 22.4 Å². The number of carbonyl (C=O) groups is 1. The van der Waals surface area contributed by atoms with Gasteiger partial charge in [0.05, 0.1) is 23.5 Å². The van der Waals surface area contributed by atoms with E-state index in [9.17, 15) is 13.2 Å². The maximum atomic E-state index is 13.0. The van der Waals surface area contributed by atoms with Crippen LogP contribution in [-0.4, -0.2) is 72.0 Å². The van der Waals surface area contributed by atoms with Crippen molar-refractivity contribution in [1.82, 2.24) is 24.4 Å². The molecule has 4 heterocycles. The van der Waals surface area contributed by atoms with Crippen molar-refractivity contribution >= 4 is 32.7 Å². The van der Waals surface area contributed by atoms with Crippen LogP contribution < -0.4 is 10.6 Å². The lowest BCUT2D eigenvalue weighted by Crippen LogP contribution is -2.42. The Morgan fingerprint density at radius 2 is 1.88 bits per heavy atom. The maximum Gasteiger partial charge on any atom is 0.223 e. The normalized spacial score (nSPS) is 18.9. The molecule has 0 aliphatic carbocycles. The molecule has 4 rings (SSSR count). The quantitative estimate of drug-likeness (QED) is 0.578. The Hall–Kier alpha value is -2.24. The van der Waals surface area contributed by atoms with Crippen molar-refractivity contribution in [3.8, 4) is 0 Å². The SMILES string of the molecule is CCc1nc2c(cnn2CC)c(NC2CCOCC2)c1CNC(=O)C1CCN(S(C)(=O)=O)CC1. The third-order valence-corrected chi connectivity index (χ3v) is 8.21. The number of rotatable bonds is 8. The summed E-state index contributed by atoms with van der Waals surface area (Å²) in [5, 5.41) is 12.4. The van der Waals surface area contributed by atoms with Gasteiger partial charge in [0.25, 0.3) is 0 Å². The number of pyridine rings is 1. The van der Waals surface area contributed by atoms with Crippen LogP contribution in [0.25, 0.3) is 11.0 Å². The van der Waals surface area contributed by atoms with Crippen LogP contribution in [0.5, 0.6) is 0 Å². The van der Waals surface area contributed by atoms with E-state index in [4.69, 9.17) is 9.72 Å². The van der Waals surface area contributed by atoms with Crippen molar-refractivity contribution in [3.05, 3.63) is 17.5 Å². The van der Waals surface area contributed by atoms with E-state index in [-0.39, 0.29) is 11.8 Å². The molecule has 0 unspecified atom stereocenters. The molecule has 1 amide bonds. The second-order valence-electron chi connectivity index (χ2n) is 9.15. The van der Waals surface area contributed by atoms with Crippen LogP contribution >= 0.6 is 0 Å². The van der Waals surface area contributed by atoms with E-state index in [2.05, 4.69) is 29.6 Å². The van der Waals surface area contributed by atoms with Gasteiger partial charge in [0.2, 0.25) is 15.9 Å². The average molecular weight is 493 g/mol. The molecule has 0 aromatic carbocycles. The second kappa shape index (κ2) is 10.6. The number of nitrogens with one attached hydrogen (secondary N) is 2. The number of anilines is 1. The Morgan fingerprint density at radius 1 is 1.18 bits per heavy atom. The fourth-order valence-corrected chi connectivity index (χ4v) is 5.74. The Kier molecular flexibility index (Phi) is 7.73. The Morgan fingerprint density at radius 3 is 2.50 bits per heavy atom. The number of ether oxygens (including phenoxy) is 1. The number of nitrogens with zero attached hydrogens (tertiary/aromatic N) is 4. The van der Waals surface area contributed by atoms with Gasteiger partial charge in [0, 0.05) is 62.6 Å². The van der Waals surface area contributed by atoms with Crippen molar-refractivity contribution in [2.75, 3.05) is 37.9 Å². The minimum Gasteiger partial charge on any atom is -0.381 e. The van der Waals surface area contributed by atoms with Crippen LogP contribution in [0.3, 0.4) is 0 Å². The first-order valence-corrected chi connectivity index (χ1v) is 14.1. The zero-order valence-electron chi connectivity index (χ0n) is 20.3. The Bertz CT molecular complexity index is 1120. The highest BCUT2D eigenvalue weighted by molar-refractivity contribution is 7.88. The molecule has 2 aromatic rings. The average Bonchev–Trinajstić information content (AvgIpc) is 3.26. The molecule has 0 bridgehead atoms. The van der Waals surface area contributed by atoms with E-state index in [1.165, 1.54) is 10.6 Å². The largest absolute Gasteiger partial charge is 0.381 e. The molecule has 188 valence electrons. The fourth-order valence-electron chi connectivity index (χ4n) is 4.87. The lowest BCUT2D eigenvalue weighted by molar-refractivity contribution is -0.126. The lowest BCUT2D eigenvalue weighted by atomic mass is 9.97. The molecule has 2 N–H and O–H groups in total. The second-order valence-corrected chi connectivity index (χ2v) is 11.1. The van der Waals surface area contributed by atoms with Crippen molar-refractivity contribution in [2.24, 2.45) is 5.92 Å². The first-order chi connectivity index (χ1) is 16.3. The van der Waals surface area contributed by atoms with Crippen LogP contribution in [-0.2, 0) is 39.1 Å². The number of sulfonamides is 1. The molecular weight excluding hydrogens is 456 g/mol. The minimum absolute atomic E-state index is 0.0310. The molecule has 2 aliphatic heterocycles. The van der Waals surface area contributed by atoms with E-state index >= 15 is 0 Å². The Balaban J connectivity index is 1.56. The predicted octanol–water partition coefficient (Wildman–Crippen LogP) is 1.89. The molecule has 2 aromatic heterocycles. The number of carbonyl (C=O) groups excluding carboxylic acids is 1. The van der Waals surface area contributed by atoms with Crippen LogP contribution in [0.15, 0.2) is 6.20 Å². The van der Waals surface area contributed by atoms with Crippen molar-refractivity contribution < 1.29 is 17.9 Å².